The predicted octanol–water partition coefficient (Wildman–Crippen LogP) is 4.54. The Morgan fingerprint density at radius 2 is 1.61 bits per heavy atom. The van der Waals surface area contributed by atoms with Crippen LogP contribution in [-0.4, -0.2) is 55.6 Å². The summed E-state index contributed by atoms with van der Waals surface area (Å²) >= 11 is 3.47. The quantitative estimate of drug-likeness (QED) is 0.331. The van der Waals surface area contributed by atoms with Crippen molar-refractivity contribution in [3.63, 3.8) is 0 Å². The summed E-state index contributed by atoms with van der Waals surface area (Å²) in [6, 6.07) is 22.7. The highest BCUT2D eigenvalue weighted by Gasteiger charge is 2.33. The maximum Gasteiger partial charge on any atom is 0.243 e. The van der Waals surface area contributed by atoms with E-state index in [9.17, 15) is 18.0 Å². The first-order chi connectivity index (χ1) is 18.1. The summed E-state index contributed by atoms with van der Waals surface area (Å²) < 4.78 is 28.3. The molecule has 1 N–H and O–H groups in total. The molecule has 0 saturated carbocycles. The van der Waals surface area contributed by atoms with Gasteiger partial charge in [0.25, 0.3) is 0 Å². The van der Waals surface area contributed by atoms with Crippen LogP contribution in [0.4, 0.5) is 0 Å². The number of hydrogen-bond acceptors (Lipinski definition) is 4. The van der Waals surface area contributed by atoms with Gasteiger partial charge >= 0.3 is 0 Å². The van der Waals surface area contributed by atoms with Gasteiger partial charge in [-0.2, -0.15) is 4.31 Å². The van der Waals surface area contributed by atoms with Crippen molar-refractivity contribution in [3.8, 4) is 0 Å². The largest absolute Gasteiger partial charge is 0.354 e. The number of carbonyl (C=O) groups excluding carboxylic acids is 2. The third-order valence-corrected chi connectivity index (χ3v) is 8.46. The van der Waals surface area contributed by atoms with Gasteiger partial charge in [-0.15, -0.1) is 0 Å². The molecular formula is C29H34BrN3O4S. The lowest BCUT2D eigenvalue weighted by Gasteiger charge is -2.32. The zero-order valence-corrected chi connectivity index (χ0v) is 24.3. The van der Waals surface area contributed by atoms with Gasteiger partial charge in [-0.1, -0.05) is 83.0 Å². The molecule has 0 aliphatic rings. The van der Waals surface area contributed by atoms with Gasteiger partial charge < -0.3 is 10.2 Å². The van der Waals surface area contributed by atoms with E-state index in [1.165, 1.54) is 24.1 Å². The van der Waals surface area contributed by atoms with Crippen LogP contribution in [0.1, 0.15) is 30.0 Å². The average molecular weight is 601 g/mol. The van der Waals surface area contributed by atoms with E-state index in [2.05, 4.69) is 21.2 Å². The van der Waals surface area contributed by atoms with Crippen LogP contribution in [0.2, 0.25) is 0 Å². The fourth-order valence-corrected chi connectivity index (χ4v) is 5.58. The summed E-state index contributed by atoms with van der Waals surface area (Å²) in [6.07, 6.45) is 1.05. The van der Waals surface area contributed by atoms with Crippen molar-refractivity contribution >= 4 is 37.8 Å². The number of amides is 2. The van der Waals surface area contributed by atoms with Crippen molar-refractivity contribution in [2.24, 2.45) is 0 Å². The van der Waals surface area contributed by atoms with Crippen LogP contribution in [0.5, 0.6) is 0 Å². The molecule has 0 aliphatic heterocycles. The van der Waals surface area contributed by atoms with Gasteiger partial charge in [-0.05, 0) is 48.7 Å². The molecule has 7 nitrogen and oxygen atoms in total. The molecule has 9 heteroatoms. The zero-order valence-electron chi connectivity index (χ0n) is 21.9. The summed E-state index contributed by atoms with van der Waals surface area (Å²) in [5, 5.41) is 2.93. The predicted molar refractivity (Wildman–Crippen MR) is 153 cm³/mol. The SMILES string of the molecule is CCCNC(=O)C(Cc1ccccc1)N(Cc1cccc(Br)c1)C(=O)CN(C)S(=O)(=O)c1ccc(C)cc1. The normalized spacial score (nSPS) is 12.2. The molecule has 3 aromatic carbocycles. The van der Waals surface area contributed by atoms with Crippen molar-refractivity contribution in [1.29, 1.82) is 0 Å². The fourth-order valence-electron chi connectivity index (χ4n) is 4.01. The van der Waals surface area contributed by atoms with Crippen LogP contribution in [0.15, 0.2) is 88.2 Å². The van der Waals surface area contributed by atoms with Gasteiger partial charge in [0.2, 0.25) is 21.8 Å². The highest BCUT2D eigenvalue weighted by atomic mass is 79.9. The maximum atomic E-state index is 13.8. The van der Waals surface area contributed by atoms with E-state index < -0.39 is 28.5 Å². The first-order valence-electron chi connectivity index (χ1n) is 12.5. The van der Waals surface area contributed by atoms with Crippen LogP contribution in [0.3, 0.4) is 0 Å². The topological polar surface area (TPSA) is 86.8 Å². The second kappa shape index (κ2) is 13.7. The number of rotatable bonds is 12. The van der Waals surface area contributed by atoms with E-state index >= 15 is 0 Å². The Morgan fingerprint density at radius 1 is 0.947 bits per heavy atom. The minimum Gasteiger partial charge on any atom is -0.354 e. The van der Waals surface area contributed by atoms with Crippen LogP contribution in [0, 0.1) is 6.92 Å². The standard InChI is InChI=1S/C29H34BrN3O4S/c1-4-17-31-29(35)27(19-23-9-6-5-7-10-23)33(20-24-11-8-12-25(30)18-24)28(34)21-32(3)38(36,37)26-15-13-22(2)14-16-26/h5-16,18,27H,4,17,19-21H2,1-3H3,(H,31,35). The van der Waals surface area contributed by atoms with E-state index in [0.29, 0.717) is 13.0 Å². The molecule has 1 atom stereocenters. The van der Waals surface area contributed by atoms with E-state index in [1.807, 2.05) is 68.4 Å². The number of halogens is 1. The third-order valence-electron chi connectivity index (χ3n) is 6.15. The second-order valence-corrected chi connectivity index (χ2v) is 12.2. The van der Waals surface area contributed by atoms with Gasteiger partial charge in [-0.25, -0.2) is 8.42 Å². The third kappa shape index (κ3) is 7.99. The number of sulfonamides is 1. The zero-order chi connectivity index (χ0) is 27.7. The van der Waals surface area contributed by atoms with Crippen molar-refractivity contribution in [3.05, 3.63) is 100 Å². The summed E-state index contributed by atoms with van der Waals surface area (Å²) in [7, 11) is -2.52. The minimum atomic E-state index is -3.91. The Morgan fingerprint density at radius 3 is 2.24 bits per heavy atom. The Bertz CT molecular complexity index is 1330. The lowest BCUT2D eigenvalue weighted by Crippen LogP contribution is -2.53. The lowest BCUT2D eigenvalue weighted by atomic mass is 10.0. The molecule has 0 aliphatic carbocycles. The Hall–Kier alpha value is -3.01. The number of aryl methyl sites for hydroxylation is 1. The van der Waals surface area contributed by atoms with E-state index in [4.69, 9.17) is 0 Å². The second-order valence-electron chi connectivity index (χ2n) is 9.22. The Balaban J connectivity index is 1.96. The number of benzene rings is 3. The van der Waals surface area contributed by atoms with Crippen LogP contribution < -0.4 is 5.32 Å². The highest BCUT2D eigenvalue weighted by molar-refractivity contribution is 9.10. The van der Waals surface area contributed by atoms with Gasteiger partial charge in [-0.3, -0.25) is 9.59 Å². The van der Waals surface area contributed by atoms with Crippen LogP contribution in [-0.2, 0) is 32.6 Å². The summed E-state index contributed by atoms with van der Waals surface area (Å²) in [5.41, 5.74) is 2.65. The molecule has 0 bridgehead atoms. The maximum absolute atomic E-state index is 13.8. The molecular weight excluding hydrogens is 566 g/mol. The molecule has 0 radical (unpaired) electrons. The molecule has 3 aromatic rings. The number of nitrogens with zero attached hydrogens (tertiary/aromatic N) is 2. The molecule has 0 fully saturated rings. The Labute approximate surface area is 234 Å². The van der Waals surface area contributed by atoms with E-state index in [0.717, 1.165) is 31.9 Å². The lowest BCUT2D eigenvalue weighted by molar-refractivity contribution is -0.141. The number of nitrogens with one attached hydrogen (secondary N) is 1. The van der Waals surface area contributed by atoms with Crippen molar-refractivity contribution < 1.29 is 18.0 Å². The number of hydrogen-bond donors (Lipinski definition) is 1. The average Bonchev–Trinajstić information content (AvgIpc) is 2.90. The fraction of sp³-hybridized carbons (Fsp3) is 0.310. The molecule has 0 saturated heterocycles. The molecule has 0 aromatic heterocycles. The molecule has 1 unspecified atom stereocenters. The summed E-state index contributed by atoms with van der Waals surface area (Å²) in [4.78, 5) is 28.8. The molecule has 3 rings (SSSR count). The van der Waals surface area contributed by atoms with Gasteiger partial charge in [0.15, 0.2) is 0 Å². The van der Waals surface area contributed by atoms with Crippen LogP contribution in [0.25, 0.3) is 0 Å². The summed E-state index contributed by atoms with van der Waals surface area (Å²) in [6.45, 7) is 4.05. The van der Waals surface area contributed by atoms with E-state index in [-0.39, 0.29) is 17.3 Å². The smallest absolute Gasteiger partial charge is 0.243 e. The first kappa shape index (κ1) is 29.5. The monoisotopic (exact) mass is 599 g/mol. The van der Waals surface area contributed by atoms with Gasteiger partial charge in [0.05, 0.1) is 11.4 Å². The van der Waals surface area contributed by atoms with Gasteiger partial charge in [0.1, 0.15) is 6.04 Å². The molecule has 202 valence electrons. The first-order valence-corrected chi connectivity index (χ1v) is 14.7. The van der Waals surface area contributed by atoms with E-state index in [1.54, 1.807) is 12.1 Å². The minimum absolute atomic E-state index is 0.110. The molecule has 38 heavy (non-hydrogen) atoms. The molecule has 0 spiro atoms. The van der Waals surface area contributed by atoms with Crippen molar-refractivity contribution in [2.45, 2.75) is 44.2 Å². The van der Waals surface area contributed by atoms with Crippen LogP contribution >= 0.6 is 15.9 Å². The van der Waals surface area contributed by atoms with Crippen molar-refractivity contribution in [1.82, 2.24) is 14.5 Å². The van der Waals surface area contributed by atoms with Crippen molar-refractivity contribution in [2.75, 3.05) is 20.1 Å². The number of carbonyl (C=O) groups is 2. The summed E-state index contributed by atoms with van der Waals surface area (Å²) in [5.74, 6) is -0.737. The highest BCUT2D eigenvalue weighted by Crippen LogP contribution is 2.20. The molecule has 0 heterocycles. The number of likely N-dealkylation sites (N-methyl/N-ethyl adjacent to an activating group) is 1. The van der Waals surface area contributed by atoms with Gasteiger partial charge in [0, 0.05) is 31.0 Å². The Kier molecular flexibility index (Phi) is 10.6. The molecule has 2 amide bonds.